The van der Waals surface area contributed by atoms with Crippen molar-refractivity contribution in [2.45, 2.75) is 19.4 Å². The van der Waals surface area contributed by atoms with E-state index in [2.05, 4.69) is 16.0 Å². The first-order valence-electron chi connectivity index (χ1n) is 9.38. The molecular formula is C21H20I3N3O6. The maximum atomic E-state index is 13.3. The van der Waals surface area contributed by atoms with Crippen LogP contribution in [-0.4, -0.2) is 49.0 Å². The number of carbonyl (C=O) groups excluding carboxylic acids is 3. The zero-order chi connectivity index (χ0) is 24.9. The summed E-state index contributed by atoms with van der Waals surface area (Å²) in [6.45, 7) is 1.29. The summed E-state index contributed by atoms with van der Waals surface area (Å²) in [6.07, 6.45) is 0.206. The number of carboxylic acids is 1. The van der Waals surface area contributed by atoms with Crippen LogP contribution in [0.3, 0.4) is 0 Å². The van der Waals surface area contributed by atoms with Gasteiger partial charge in [0.15, 0.2) is 0 Å². The number of methoxy groups -OCH3 is 1. The average Bonchev–Trinajstić information content (AvgIpc) is 2.75. The van der Waals surface area contributed by atoms with Crippen molar-refractivity contribution in [1.29, 1.82) is 0 Å². The number of nitrogens with one attached hydrogen (secondary N) is 3. The van der Waals surface area contributed by atoms with Gasteiger partial charge in [0.1, 0.15) is 11.8 Å². The summed E-state index contributed by atoms with van der Waals surface area (Å²) >= 11 is 5.53. The van der Waals surface area contributed by atoms with Gasteiger partial charge in [0.2, 0.25) is 11.8 Å². The molecule has 0 aromatic heterocycles. The largest absolute Gasteiger partial charge is 0.497 e. The molecule has 0 heterocycles. The normalized spacial score (nSPS) is 11.3. The van der Waals surface area contributed by atoms with E-state index in [0.29, 0.717) is 12.9 Å². The summed E-state index contributed by atoms with van der Waals surface area (Å²) in [5, 5.41) is 17.6. The molecule has 176 valence electrons. The molecule has 4 N–H and O–H groups in total. The number of halogens is 3. The van der Waals surface area contributed by atoms with E-state index in [1.165, 1.54) is 14.0 Å². The van der Waals surface area contributed by atoms with E-state index >= 15 is 0 Å². The molecule has 3 amide bonds. The monoisotopic (exact) mass is 791 g/mol. The van der Waals surface area contributed by atoms with E-state index in [4.69, 9.17) is 4.74 Å². The summed E-state index contributed by atoms with van der Waals surface area (Å²) in [5.41, 5.74) is 0.999. The molecule has 1 atom stereocenters. The van der Waals surface area contributed by atoms with Gasteiger partial charge < -0.3 is 25.8 Å². The molecule has 9 nitrogen and oxygen atoms in total. The number of benzene rings is 2. The minimum absolute atomic E-state index is 0.0707. The molecule has 0 bridgehead atoms. The third-order valence-corrected chi connectivity index (χ3v) is 7.76. The molecule has 0 fully saturated rings. The van der Waals surface area contributed by atoms with Crippen molar-refractivity contribution in [3.63, 3.8) is 0 Å². The first-order valence-corrected chi connectivity index (χ1v) is 12.6. The number of hydrogen-bond donors (Lipinski definition) is 4. The lowest BCUT2D eigenvalue weighted by Crippen LogP contribution is -2.47. The lowest BCUT2D eigenvalue weighted by molar-refractivity contribution is -0.122. The predicted molar refractivity (Wildman–Crippen MR) is 148 cm³/mol. The van der Waals surface area contributed by atoms with Crippen LogP contribution in [0, 0.1) is 10.7 Å². The van der Waals surface area contributed by atoms with E-state index in [1.807, 2.05) is 45.2 Å². The molecule has 0 saturated heterocycles. The van der Waals surface area contributed by atoms with Crippen molar-refractivity contribution in [2.24, 2.45) is 0 Å². The van der Waals surface area contributed by atoms with Crippen LogP contribution < -0.4 is 20.7 Å². The highest BCUT2D eigenvalue weighted by atomic mass is 127. The number of anilines is 1. The zero-order valence-corrected chi connectivity index (χ0v) is 24.2. The van der Waals surface area contributed by atoms with Crippen LogP contribution in [0.5, 0.6) is 5.75 Å². The summed E-state index contributed by atoms with van der Waals surface area (Å²) in [4.78, 5) is 49.4. The number of amides is 3. The molecule has 0 spiro atoms. The third kappa shape index (κ3) is 6.68. The SMILES string of the molecule is CNC(=O)[C@H](Cc1ccc(OC)cc1)NC(=O)c1c(I)c(NC(C)=O)c(I)c(C(=O)O)c1I. The lowest BCUT2D eigenvalue weighted by atomic mass is 10.0. The molecule has 0 saturated carbocycles. The van der Waals surface area contributed by atoms with E-state index < -0.39 is 29.7 Å². The predicted octanol–water partition coefficient (Wildman–Crippen LogP) is 3.25. The van der Waals surface area contributed by atoms with Crippen molar-refractivity contribution in [3.8, 4) is 5.75 Å². The minimum Gasteiger partial charge on any atom is -0.497 e. The van der Waals surface area contributed by atoms with Gasteiger partial charge in [-0.2, -0.15) is 0 Å². The Hall–Kier alpha value is -1.69. The molecule has 0 unspecified atom stereocenters. The van der Waals surface area contributed by atoms with Gasteiger partial charge in [0, 0.05) is 24.0 Å². The number of carbonyl (C=O) groups is 4. The van der Waals surface area contributed by atoms with Crippen LogP contribution in [0.25, 0.3) is 0 Å². The van der Waals surface area contributed by atoms with E-state index in [-0.39, 0.29) is 26.8 Å². The topological polar surface area (TPSA) is 134 Å². The lowest BCUT2D eigenvalue weighted by Gasteiger charge is -2.21. The second kappa shape index (κ2) is 12.1. The molecule has 0 aliphatic rings. The van der Waals surface area contributed by atoms with Gasteiger partial charge in [-0.05, 0) is 85.5 Å². The Balaban J connectivity index is 2.49. The Morgan fingerprint density at radius 3 is 2.06 bits per heavy atom. The fraction of sp³-hybridized carbons (Fsp3) is 0.238. The van der Waals surface area contributed by atoms with Crippen LogP contribution in [0.15, 0.2) is 24.3 Å². The van der Waals surface area contributed by atoms with Crippen molar-refractivity contribution in [1.82, 2.24) is 10.6 Å². The number of carboxylic acid groups (broad SMARTS) is 1. The van der Waals surface area contributed by atoms with Crippen LogP contribution >= 0.6 is 67.8 Å². The number of ether oxygens (including phenoxy) is 1. The van der Waals surface area contributed by atoms with E-state index in [0.717, 1.165) is 5.56 Å². The van der Waals surface area contributed by atoms with Gasteiger partial charge in [0.05, 0.1) is 31.1 Å². The minimum atomic E-state index is -1.23. The smallest absolute Gasteiger partial charge is 0.337 e. The second-order valence-corrected chi connectivity index (χ2v) is 9.98. The third-order valence-electron chi connectivity index (χ3n) is 4.53. The molecule has 2 aromatic rings. The van der Waals surface area contributed by atoms with Gasteiger partial charge in [-0.3, -0.25) is 14.4 Å². The summed E-state index contributed by atoms with van der Waals surface area (Å²) in [6, 6.07) is 6.16. The Labute approximate surface area is 231 Å². The number of rotatable bonds is 8. The maximum absolute atomic E-state index is 13.3. The fourth-order valence-corrected chi connectivity index (χ4v) is 7.34. The van der Waals surface area contributed by atoms with Gasteiger partial charge in [-0.1, -0.05) is 12.1 Å². The van der Waals surface area contributed by atoms with Crippen LogP contribution in [0.4, 0.5) is 5.69 Å². The molecule has 2 rings (SSSR count). The fourth-order valence-electron chi connectivity index (χ4n) is 2.95. The molecule has 0 radical (unpaired) electrons. The highest BCUT2D eigenvalue weighted by Gasteiger charge is 2.30. The maximum Gasteiger partial charge on any atom is 0.337 e. The second-order valence-electron chi connectivity index (χ2n) is 6.75. The van der Waals surface area contributed by atoms with Crippen LogP contribution in [-0.2, 0) is 16.0 Å². The van der Waals surface area contributed by atoms with Crippen LogP contribution in [0.2, 0.25) is 0 Å². The van der Waals surface area contributed by atoms with Crippen molar-refractivity contribution in [2.75, 3.05) is 19.5 Å². The van der Waals surface area contributed by atoms with Crippen molar-refractivity contribution in [3.05, 3.63) is 51.7 Å². The summed E-state index contributed by atoms with van der Waals surface area (Å²) in [5.74, 6) is -2.01. The number of hydrogen-bond acceptors (Lipinski definition) is 5. The summed E-state index contributed by atoms with van der Waals surface area (Å²) < 4.78 is 6.03. The molecular weight excluding hydrogens is 771 g/mol. The highest BCUT2D eigenvalue weighted by molar-refractivity contribution is 14.1. The summed E-state index contributed by atoms with van der Waals surface area (Å²) in [7, 11) is 3.01. The van der Waals surface area contributed by atoms with E-state index in [1.54, 1.807) is 54.0 Å². The van der Waals surface area contributed by atoms with Crippen molar-refractivity contribution < 1.29 is 29.0 Å². The van der Waals surface area contributed by atoms with Gasteiger partial charge in [-0.15, -0.1) is 0 Å². The quantitative estimate of drug-likeness (QED) is 0.304. The van der Waals surface area contributed by atoms with Crippen molar-refractivity contribution >= 4 is 97.2 Å². The Morgan fingerprint density at radius 2 is 1.58 bits per heavy atom. The first-order chi connectivity index (χ1) is 15.5. The molecule has 12 heteroatoms. The Kier molecular flexibility index (Phi) is 10.1. The van der Waals surface area contributed by atoms with Gasteiger partial charge in [-0.25, -0.2) is 4.79 Å². The standard InChI is InChI=1S/C21H20I3N3O6/c1-9(28)26-18-16(23)13(15(22)14(17(18)24)21(31)32)20(30)27-12(19(29)25-2)8-10-4-6-11(33-3)7-5-10/h4-7,12H,8H2,1-3H3,(H,25,29)(H,26,28)(H,27,30)(H,31,32)/t12-/m0/s1. The molecule has 33 heavy (non-hydrogen) atoms. The number of likely N-dealkylation sites (N-methyl/N-ethyl adjacent to an activating group) is 1. The van der Waals surface area contributed by atoms with E-state index in [9.17, 15) is 24.3 Å². The van der Waals surface area contributed by atoms with Gasteiger partial charge in [0.25, 0.3) is 5.91 Å². The number of aromatic carboxylic acids is 1. The first kappa shape index (κ1) is 27.6. The molecule has 0 aliphatic carbocycles. The van der Waals surface area contributed by atoms with Crippen LogP contribution in [0.1, 0.15) is 33.2 Å². The highest BCUT2D eigenvalue weighted by Crippen LogP contribution is 2.35. The molecule has 0 aliphatic heterocycles. The zero-order valence-electron chi connectivity index (χ0n) is 17.7. The average molecular weight is 791 g/mol. The Bertz CT molecular complexity index is 1110. The molecule has 2 aromatic carbocycles. The van der Waals surface area contributed by atoms with Gasteiger partial charge >= 0.3 is 5.97 Å². The Morgan fingerprint density at radius 1 is 1.00 bits per heavy atom.